The van der Waals surface area contributed by atoms with Gasteiger partial charge < -0.3 is 14.8 Å². The summed E-state index contributed by atoms with van der Waals surface area (Å²) >= 11 is 0. The molecule has 1 atom stereocenters. The Hall–Kier alpha value is -0.680. The van der Waals surface area contributed by atoms with Crippen LogP contribution in [-0.4, -0.2) is 38.8 Å². The molecule has 100 valence electrons. The molecule has 0 aromatic rings. The Kier molecular flexibility index (Phi) is 7.12. The van der Waals surface area contributed by atoms with Gasteiger partial charge in [-0.25, -0.2) is 8.78 Å². The molecule has 17 heavy (non-hydrogen) atoms. The zero-order chi connectivity index (χ0) is 12.5. The van der Waals surface area contributed by atoms with Gasteiger partial charge in [0.2, 0.25) is 0 Å². The third-order valence-electron chi connectivity index (χ3n) is 2.55. The molecule has 0 saturated heterocycles. The largest absolute Gasteiger partial charge is 0.497 e. The number of hydrogen-bond acceptors (Lipinski definition) is 3. The number of halogens is 2. The Labute approximate surface area is 101 Å². The van der Waals surface area contributed by atoms with Crippen molar-refractivity contribution in [1.29, 1.82) is 0 Å². The monoisotopic (exact) mass is 249 g/mol. The van der Waals surface area contributed by atoms with E-state index < -0.39 is 13.0 Å². The van der Waals surface area contributed by atoms with Crippen LogP contribution in [0.25, 0.3) is 0 Å². The van der Waals surface area contributed by atoms with E-state index in [1.165, 1.54) is 0 Å². The van der Waals surface area contributed by atoms with Crippen molar-refractivity contribution >= 4 is 0 Å². The lowest BCUT2D eigenvalue weighted by atomic mass is 10.1. The van der Waals surface area contributed by atoms with E-state index >= 15 is 0 Å². The Bertz CT molecular complexity index is 235. The first-order chi connectivity index (χ1) is 8.24. The fourth-order valence-corrected chi connectivity index (χ4v) is 1.78. The van der Waals surface area contributed by atoms with Crippen molar-refractivity contribution < 1.29 is 18.3 Å². The van der Waals surface area contributed by atoms with Gasteiger partial charge in [-0.1, -0.05) is 6.92 Å². The molecule has 1 heterocycles. The smallest absolute Gasteiger partial charge is 0.261 e. The van der Waals surface area contributed by atoms with Gasteiger partial charge in [0, 0.05) is 6.61 Å². The highest BCUT2D eigenvalue weighted by molar-refractivity contribution is 5.05. The molecule has 0 saturated carbocycles. The standard InChI is InChI=1S/C12H21F2NO2/c1-2-15-10(6-8-16-9-12(13)14)11-5-3-4-7-17-11/h5,10,12,15H,2-4,6-9H2,1H3. The van der Waals surface area contributed by atoms with E-state index in [-0.39, 0.29) is 6.04 Å². The lowest BCUT2D eigenvalue weighted by Gasteiger charge is -2.24. The zero-order valence-corrected chi connectivity index (χ0v) is 10.3. The second-order valence-corrected chi connectivity index (χ2v) is 3.96. The number of ether oxygens (including phenoxy) is 2. The fourth-order valence-electron chi connectivity index (χ4n) is 1.78. The average molecular weight is 249 g/mol. The van der Waals surface area contributed by atoms with Gasteiger partial charge in [-0.2, -0.15) is 0 Å². The Morgan fingerprint density at radius 2 is 2.35 bits per heavy atom. The highest BCUT2D eigenvalue weighted by atomic mass is 19.3. The molecule has 1 unspecified atom stereocenters. The lowest BCUT2D eigenvalue weighted by molar-refractivity contribution is 0.0135. The maximum absolute atomic E-state index is 11.9. The normalized spacial score (nSPS) is 17.8. The molecule has 0 fully saturated rings. The third kappa shape index (κ3) is 5.98. The average Bonchev–Trinajstić information content (AvgIpc) is 2.34. The second-order valence-electron chi connectivity index (χ2n) is 3.96. The summed E-state index contributed by atoms with van der Waals surface area (Å²) in [5.41, 5.74) is 0. The predicted octanol–water partition coefficient (Wildman–Crippen LogP) is 2.33. The minimum Gasteiger partial charge on any atom is -0.497 e. The van der Waals surface area contributed by atoms with E-state index in [9.17, 15) is 8.78 Å². The molecule has 1 rings (SSSR count). The van der Waals surface area contributed by atoms with Gasteiger partial charge >= 0.3 is 0 Å². The number of nitrogens with one attached hydrogen (secondary N) is 1. The van der Waals surface area contributed by atoms with Gasteiger partial charge in [-0.3, -0.25) is 0 Å². The van der Waals surface area contributed by atoms with Crippen LogP contribution in [0.4, 0.5) is 8.78 Å². The van der Waals surface area contributed by atoms with E-state index in [4.69, 9.17) is 9.47 Å². The molecule has 0 radical (unpaired) electrons. The van der Waals surface area contributed by atoms with Gasteiger partial charge in [0.15, 0.2) is 0 Å². The molecular formula is C12H21F2NO2. The van der Waals surface area contributed by atoms with Crippen LogP contribution in [0.5, 0.6) is 0 Å². The molecule has 1 N–H and O–H groups in total. The Morgan fingerprint density at radius 3 is 2.94 bits per heavy atom. The molecule has 0 amide bonds. The van der Waals surface area contributed by atoms with Crippen LogP contribution in [0.1, 0.15) is 26.2 Å². The molecule has 0 spiro atoms. The van der Waals surface area contributed by atoms with Gasteiger partial charge in [-0.05, 0) is 31.9 Å². The second kappa shape index (κ2) is 8.42. The van der Waals surface area contributed by atoms with E-state index in [1.807, 2.05) is 6.92 Å². The van der Waals surface area contributed by atoms with Crippen LogP contribution >= 0.6 is 0 Å². The van der Waals surface area contributed by atoms with Crippen LogP contribution in [-0.2, 0) is 9.47 Å². The van der Waals surface area contributed by atoms with Crippen LogP contribution < -0.4 is 5.32 Å². The van der Waals surface area contributed by atoms with Crippen molar-refractivity contribution in [3.05, 3.63) is 11.8 Å². The highest BCUT2D eigenvalue weighted by Gasteiger charge is 2.16. The maximum atomic E-state index is 11.9. The summed E-state index contributed by atoms with van der Waals surface area (Å²) in [7, 11) is 0. The molecule has 0 aromatic carbocycles. The fraction of sp³-hybridized carbons (Fsp3) is 0.833. The van der Waals surface area contributed by atoms with E-state index in [0.717, 1.165) is 31.8 Å². The molecule has 1 aliphatic heterocycles. The van der Waals surface area contributed by atoms with Crippen LogP contribution in [0.15, 0.2) is 11.8 Å². The van der Waals surface area contributed by atoms with E-state index in [0.29, 0.717) is 13.0 Å². The predicted molar refractivity (Wildman–Crippen MR) is 62.2 cm³/mol. The van der Waals surface area contributed by atoms with Crippen LogP contribution in [0, 0.1) is 0 Å². The molecule has 0 aliphatic carbocycles. The highest BCUT2D eigenvalue weighted by Crippen LogP contribution is 2.16. The molecule has 1 aliphatic rings. The van der Waals surface area contributed by atoms with Crippen molar-refractivity contribution in [2.45, 2.75) is 38.7 Å². The van der Waals surface area contributed by atoms with Gasteiger partial charge in [0.1, 0.15) is 12.4 Å². The molecule has 3 nitrogen and oxygen atoms in total. The number of allylic oxidation sites excluding steroid dienone is 1. The van der Waals surface area contributed by atoms with Crippen molar-refractivity contribution in [2.24, 2.45) is 0 Å². The van der Waals surface area contributed by atoms with Gasteiger partial charge in [0.25, 0.3) is 6.43 Å². The van der Waals surface area contributed by atoms with Crippen molar-refractivity contribution in [1.82, 2.24) is 5.32 Å². The van der Waals surface area contributed by atoms with Gasteiger partial charge in [0.05, 0.1) is 12.6 Å². The van der Waals surface area contributed by atoms with E-state index in [2.05, 4.69) is 11.4 Å². The molecule has 5 heteroatoms. The number of alkyl halides is 2. The van der Waals surface area contributed by atoms with E-state index in [1.54, 1.807) is 0 Å². The van der Waals surface area contributed by atoms with Crippen molar-refractivity contribution in [3.8, 4) is 0 Å². The Morgan fingerprint density at radius 1 is 1.53 bits per heavy atom. The summed E-state index contributed by atoms with van der Waals surface area (Å²) in [5.74, 6) is 0.929. The first-order valence-corrected chi connectivity index (χ1v) is 6.16. The quantitative estimate of drug-likeness (QED) is 0.670. The van der Waals surface area contributed by atoms with Crippen molar-refractivity contribution in [3.63, 3.8) is 0 Å². The zero-order valence-electron chi connectivity index (χ0n) is 10.3. The maximum Gasteiger partial charge on any atom is 0.261 e. The number of hydrogen-bond donors (Lipinski definition) is 1. The molecule has 0 aromatic heterocycles. The molecule has 0 bridgehead atoms. The van der Waals surface area contributed by atoms with Crippen molar-refractivity contribution in [2.75, 3.05) is 26.4 Å². The topological polar surface area (TPSA) is 30.5 Å². The summed E-state index contributed by atoms with van der Waals surface area (Å²) in [5, 5.41) is 3.28. The van der Waals surface area contributed by atoms with Crippen LogP contribution in [0.3, 0.4) is 0 Å². The summed E-state index contributed by atoms with van der Waals surface area (Å²) in [6, 6.07) is 0.0815. The number of likely N-dealkylation sites (N-methyl/N-ethyl adjacent to an activating group) is 1. The summed E-state index contributed by atoms with van der Waals surface area (Å²) in [6.07, 6.45) is 2.41. The lowest BCUT2D eigenvalue weighted by Crippen LogP contribution is -2.34. The number of rotatable bonds is 8. The van der Waals surface area contributed by atoms with Gasteiger partial charge in [-0.15, -0.1) is 0 Å². The minimum absolute atomic E-state index is 0.0815. The SMILES string of the molecule is CCNC(CCOCC(F)F)C1=CCCCO1. The first-order valence-electron chi connectivity index (χ1n) is 6.16. The summed E-state index contributed by atoms with van der Waals surface area (Å²) in [6.45, 7) is 3.41. The Balaban J connectivity index is 2.29. The minimum atomic E-state index is -2.39. The first kappa shape index (κ1) is 14.4. The van der Waals surface area contributed by atoms with Crippen LogP contribution in [0.2, 0.25) is 0 Å². The molecular weight excluding hydrogens is 228 g/mol. The third-order valence-corrected chi connectivity index (χ3v) is 2.55. The summed E-state index contributed by atoms with van der Waals surface area (Å²) in [4.78, 5) is 0. The summed E-state index contributed by atoms with van der Waals surface area (Å²) < 4.78 is 34.2.